The van der Waals surface area contributed by atoms with Crippen LogP contribution in [-0.2, 0) is 0 Å². The fraction of sp³-hybridized carbons (Fsp3) is 0.588. The molecule has 1 aromatic rings. The molecule has 0 atom stereocenters. The Kier molecular flexibility index (Phi) is 5.03. The van der Waals surface area contributed by atoms with Crippen molar-refractivity contribution in [3.8, 4) is 0 Å². The Morgan fingerprint density at radius 1 is 1.18 bits per heavy atom. The Morgan fingerprint density at radius 2 is 1.86 bits per heavy atom. The first-order chi connectivity index (χ1) is 10.6. The van der Waals surface area contributed by atoms with Gasteiger partial charge in [-0.3, -0.25) is 4.90 Å². The summed E-state index contributed by atoms with van der Waals surface area (Å²) in [5.41, 5.74) is 2.02. The van der Waals surface area contributed by atoms with Crippen molar-refractivity contribution in [2.24, 2.45) is 0 Å². The third-order valence-electron chi connectivity index (χ3n) is 4.81. The van der Waals surface area contributed by atoms with Gasteiger partial charge in [-0.15, -0.1) is 0 Å². The Hall–Kier alpha value is -1.07. The van der Waals surface area contributed by atoms with Gasteiger partial charge in [0.2, 0.25) is 0 Å². The largest absolute Gasteiger partial charge is 0.322 e. The van der Waals surface area contributed by atoms with Crippen LogP contribution < -0.4 is 5.32 Å². The number of anilines is 1. The summed E-state index contributed by atoms with van der Waals surface area (Å²) >= 11 is 3.51. The van der Waals surface area contributed by atoms with E-state index in [2.05, 4.69) is 26.1 Å². The molecule has 2 amide bonds. The summed E-state index contributed by atoms with van der Waals surface area (Å²) < 4.78 is 0.936. The van der Waals surface area contributed by atoms with Gasteiger partial charge in [0.15, 0.2) is 0 Å². The number of halogens is 1. The van der Waals surface area contributed by atoms with E-state index in [0.717, 1.165) is 42.4 Å². The molecule has 1 heterocycles. The van der Waals surface area contributed by atoms with E-state index in [0.29, 0.717) is 0 Å². The lowest BCUT2D eigenvalue weighted by Crippen LogP contribution is -2.52. The maximum absolute atomic E-state index is 12.4. The Labute approximate surface area is 141 Å². The van der Waals surface area contributed by atoms with Crippen LogP contribution >= 0.6 is 15.9 Å². The molecule has 3 rings (SSSR count). The molecule has 1 aliphatic carbocycles. The molecule has 0 bridgehead atoms. The molecular weight excluding hydrogens is 342 g/mol. The fourth-order valence-electron chi connectivity index (χ4n) is 3.48. The smallest absolute Gasteiger partial charge is 0.321 e. The number of urea groups is 1. The zero-order valence-electron chi connectivity index (χ0n) is 13.1. The van der Waals surface area contributed by atoms with E-state index in [1.54, 1.807) is 0 Å². The van der Waals surface area contributed by atoms with Crippen molar-refractivity contribution in [1.82, 2.24) is 9.80 Å². The first kappa shape index (κ1) is 15.8. The second-order valence-corrected chi connectivity index (χ2v) is 7.23. The highest BCUT2D eigenvalue weighted by atomic mass is 79.9. The molecule has 4 nitrogen and oxygen atoms in total. The SMILES string of the molecule is Cc1ccc(NC(=O)N2CCN(C3CCCC3)CC2)c(Br)c1. The molecule has 1 saturated carbocycles. The average Bonchev–Trinajstić information content (AvgIpc) is 3.04. The molecule has 1 aliphatic heterocycles. The zero-order valence-corrected chi connectivity index (χ0v) is 14.7. The van der Waals surface area contributed by atoms with Gasteiger partial charge in [0, 0.05) is 36.7 Å². The van der Waals surface area contributed by atoms with Crippen molar-refractivity contribution in [3.05, 3.63) is 28.2 Å². The average molecular weight is 366 g/mol. The van der Waals surface area contributed by atoms with Crippen molar-refractivity contribution in [1.29, 1.82) is 0 Å². The minimum atomic E-state index is 0.00984. The number of nitrogens with zero attached hydrogens (tertiary/aromatic N) is 2. The summed E-state index contributed by atoms with van der Waals surface area (Å²) in [6.45, 7) is 5.70. The second kappa shape index (κ2) is 7.01. The van der Waals surface area contributed by atoms with E-state index < -0.39 is 0 Å². The summed E-state index contributed by atoms with van der Waals surface area (Å²) in [6, 6.07) is 6.75. The van der Waals surface area contributed by atoms with Crippen LogP contribution in [0.3, 0.4) is 0 Å². The van der Waals surface area contributed by atoms with Gasteiger partial charge >= 0.3 is 6.03 Å². The first-order valence-electron chi connectivity index (χ1n) is 8.19. The Balaban J connectivity index is 1.53. The molecule has 2 aliphatic rings. The number of rotatable bonds is 2. The van der Waals surface area contributed by atoms with Gasteiger partial charge in [-0.2, -0.15) is 0 Å². The molecule has 22 heavy (non-hydrogen) atoms. The summed E-state index contributed by atoms with van der Waals surface area (Å²) in [7, 11) is 0. The number of carbonyl (C=O) groups excluding carboxylic acids is 1. The minimum absolute atomic E-state index is 0.00984. The maximum Gasteiger partial charge on any atom is 0.321 e. The molecule has 1 N–H and O–H groups in total. The Bertz CT molecular complexity index is 535. The normalized spacial score (nSPS) is 20.4. The Morgan fingerprint density at radius 3 is 2.50 bits per heavy atom. The van der Waals surface area contributed by atoms with Crippen molar-refractivity contribution >= 4 is 27.6 Å². The number of carbonyl (C=O) groups is 1. The maximum atomic E-state index is 12.4. The number of nitrogens with one attached hydrogen (secondary N) is 1. The number of benzene rings is 1. The highest BCUT2D eigenvalue weighted by Crippen LogP contribution is 2.25. The van der Waals surface area contributed by atoms with E-state index in [1.807, 2.05) is 30.0 Å². The monoisotopic (exact) mass is 365 g/mol. The predicted molar refractivity (Wildman–Crippen MR) is 93.3 cm³/mol. The predicted octanol–water partition coefficient (Wildman–Crippen LogP) is 3.85. The van der Waals surface area contributed by atoms with Crippen molar-refractivity contribution < 1.29 is 4.79 Å². The fourth-order valence-corrected chi connectivity index (χ4v) is 4.07. The summed E-state index contributed by atoms with van der Waals surface area (Å²) in [4.78, 5) is 16.9. The lowest BCUT2D eigenvalue weighted by Gasteiger charge is -2.38. The summed E-state index contributed by atoms with van der Waals surface area (Å²) in [5.74, 6) is 0. The molecule has 0 radical (unpaired) electrons. The van der Waals surface area contributed by atoms with Gasteiger partial charge in [-0.1, -0.05) is 18.9 Å². The molecular formula is C17H24BrN3O. The lowest BCUT2D eigenvalue weighted by molar-refractivity contribution is 0.115. The van der Waals surface area contributed by atoms with E-state index >= 15 is 0 Å². The quantitative estimate of drug-likeness (QED) is 0.863. The van der Waals surface area contributed by atoms with Crippen molar-refractivity contribution in [3.63, 3.8) is 0 Å². The van der Waals surface area contributed by atoms with E-state index in [1.165, 1.54) is 31.2 Å². The number of aryl methyl sites for hydroxylation is 1. The molecule has 1 saturated heterocycles. The van der Waals surface area contributed by atoms with E-state index in [9.17, 15) is 4.79 Å². The lowest BCUT2D eigenvalue weighted by atomic mass is 10.2. The van der Waals surface area contributed by atoms with Crippen LogP contribution in [0.25, 0.3) is 0 Å². The van der Waals surface area contributed by atoms with Crippen LogP contribution in [-0.4, -0.2) is 48.1 Å². The summed E-state index contributed by atoms with van der Waals surface area (Å²) in [5, 5.41) is 3.01. The van der Waals surface area contributed by atoms with Gasteiger partial charge in [0.25, 0.3) is 0 Å². The number of hydrogen-bond donors (Lipinski definition) is 1. The number of amides is 2. The third kappa shape index (κ3) is 3.63. The topological polar surface area (TPSA) is 35.6 Å². The number of hydrogen-bond acceptors (Lipinski definition) is 2. The van der Waals surface area contributed by atoms with Gasteiger partial charge in [-0.05, 0) is 53.4 Å². The molecule has 1 aromatic carbocycles. The molecule has 0 unspecified atom stereocenters. The van der Waals surface area contributed by atoms with E-state index in [4.69, 9.17) is 0 Å². The van der Waals surface area contributed by atoms with Crippen LogP contribution in [0.1, 0.15) is 31.2 Å². The van der Waals surface area contributed by atoms with Crippen molar-refractivity contribution in [2.75, 3.05) is 31.5 Å². The molecule has 120 valence electrons. The van der Waals surface area contributed by atoms with Crippen LogP contribution in [0.15, 0.2) is 22.7 Å². The number of piperazine rings is 1. The molecule has 5 heteroatoms. The third-order valence-corrected chi connectivity index (χ3v) is 5.46. The molecule has 0 aromatic heterocycles. The van der Waals surface area contributed by atoms with Gasteiger partial charge in [0.1, 0.15) is 0 Å². The van der Waals surface area contributed by atoms with E-state index in [-0.39, 0.29) is 6.03 Å². The van der Waals surface area contributed by atoms with Gasteiger partial charge in [-0.25, -0.2) is 4.79 Å². The van der Waals surface area contributed by atoms with Crippen LogP contribution in [0, 0.1) is 6.92 Å². The van der Waals surface area contributed by atoms with Crippen LogP contribution in [0.2, 0.25) is 0 Å². The first-order valence-corrected chi connectivity index (χ1v) is 8.99. The second-order valence-electron chi connectivity index (χ2n) is 6.37. The van der Waals surface area contributed by atoms with Gasteiger partial charge < -0.3 is 10.2 Å². The molecule has 0 spiro atoms. The highest BCUT2D eigenvalue weighted by molar-refractivity contribution is 9.10. The highest BCUT2D eigenvalue weighted by Gasteiger charge is 2.27. The summed E-state index contributed by atoms with van der Waals surface area (Å²) in [6.07, 6.45) is 5.41. The van der Waals surface area contributed by atoms with Crippen LogP contribution in [0.4, 0.5) is 10.5 Å². The molecule has 2 fully saturated rings. The van der Waals surface area contributed by atoms with Gasteiger partial charge in [0.05, 0.1) is 5.69 Å². The zero-order chi connectivity index (χ0) is 15.5. The van der Waals surface area contributed by atoms with Crippen LogP contribution in [0.5, 0.6) is 0 Å². The van der Waals surface area contributed by atoms with Crippen molar-refractivity contribution in [2.45, 2.75) is 38.6 Å². The standard InChI is InChI=1S/C17H24BrN3O/c1-13-6-7-16(15(18)12-13)19-17(22)21-10-8-20(9-11-21)14-4-2-3-5-14/h6-7,12,14H,2-5,8-11H2,1H3,(H,19,22). The minimum Gasteiger partial charge on any atom is -0.322 e.